The van der Waals surface area contributed by atoms with Crippen LogP contribution in [0.5, 0.6) is 11.5 Å². The van der Waals surface area contributed by atoms with E-state index in [4.69, 9.17) is 9.47 Å². The monoisotopic (exact) mass is 237 g/mol. The van der Waals surface area contributed by atoms with Gasteiger partial charge in [-0.05, 0) is 31.5 Å². The van der Waals surface area contributed by atoms with E-state index in [1.807, 2.05) is 18.2 Å². The molecule has 2 rings (SSSR count). The zero-order chi connectivity index (χ0) is 12.3. The minimum Gasteiger partial charge on any atom is -0.497 e. The molecule has 0 bridgehead atoms. The van der Waals surface area contributed by atoms with Gasteiger partial charge in [0.1, 0.15) is 17.1 Å². The zero-order valence-corrected chi connectivity index (χ0v) is 10.3. The number of nitrogens with one attached hydrogen (secondary N) is 1. The van der Waals surface area contributed by atoms with E-state index in [1.54, 1.807) is 14.2 Å². The summed E-state index contributed by atoms with van der Waals surface area (Å²) < 4.78 is 10.5. The van der Waals surface area contributed by atoms with Crippen LogP contribution in [0.4, 0.5) is 0 Å². The van der Waals surface area contributed by atoms with Gasteiger partial charge in [-0.25, -0.2) is 0 Å². The van der Waals surface area contributed by atoms with Crippen LogP contribution in [0.25, 0.3) is 0 Å². The minimum atomic E-state index is -0.837. The minimum absolute atomic E-state index is 0.565. The third-order valence-corrected chi connectivity index (χ3v) is 3.27. The van der Waals surface area contributed by atoms with E-state index < -0.39 is 5.60 Å². The highest BCUT2D eigenvalue weighted by molar-refractivity contribution is 5.44. The predicted molar refractivity (Wildman–Crippen MR) is 65.5 cm³/mol. The van der Waals surface area contributed by atoms with Crippen molar-refractivity contribution >= 4 is 0 Å². The second-order valence-corrected chi connectivity index (χ2v) is 4.38. The number of methoxy groups -OCH3 is 2. The van der Waals surface area contributed by atoms with Gasteiger partial charge in [-0.2, -0.15) is 0 Å². The Hall–Kier alpha value is -1.26. The van der Waals surface area contributed by atoms with Crippen LogP contribution in [-0.4, -0.2) is 32.4 Å². The lowest BCUT2D eigenvalue weighted by Crippen LogP contribution is -2.43. The molecule has 0 spiro atoms. The third kappa shape index (κ3) is 2.37. The first-order chi connectivity index (χ1) is 8.19. The first kappa shape index (κ1) is 12.2. The SMILES string of the molecule is COc1ccc(C2(O)CCCNC2)c(OC)c1. The molecule has 0 aromatic heterocycles. The first-order valence-corrected chi connectivity index (χ1v) is 5.85. The molecule has 1 aliphatic rings. The average Bonchev–Trinajstić information content (AvgIpc) is 2.38. The Labute approximate surface area is 102 Å². The summed E-state index contributed by atoms with van der Waals surface area (Å²) in [6, 6.07) is 5.54. The molecule has 0 amide bonds. The lowest BCUT2D eigenvalue weighted by molar-refractivity contribution is 0.0102. The molecule has 4 nitrogen and oxygen atoms in total. The molecule has 17 heavy (non-hydrogen) atoms. The van der Waals surface area contributed by atoms with Crippen LogP contribution in [0.1, 0.15) is 18.4 Å². The van der Waals surface area contributed by atoms with Crippen LogP contribution in [0, 0.1) is 0 Å². The molecule has 1 fully saturated rings. The molecule has 0 saturated carbocycles. The van der Waals surface area contributed by atoms with Crippen molar-refractivity contribution in [1.82, 2.24) is 5.32 Å². The van der Waals surface area contributed by atoms with Crippen molar-refractivity contribution in [3.63, 3.8) is 0 Å². The van der Waals surface area contributed by atoms with Crippen LogP contribution >= 0.6 is 0 Å². The largest absolute Gasteiger partial charge is 0.497 e. The highest BCUT2D eigenvalue weighted by Crippen LogP contribution is 2.36. The number of β-amino-alcohol motifs (C(OH)–C–C–N with tert-alkyl or cyclic N) is 1. The number of hydrogen-bond donors (Lipinski definition) is 2. The molecule has 1 aliphatic heterocycles. The van der Waals surface area contributed by atoms with Crippen molar-refractivity contribution < 1.29 is 14.6 Å². The van der Waals surface area contributed by atoms with Crippen molar-refractivity contribution in [3.8, 4) is 11.5 Å². The molecule has 4 heteroatoms. The number of benzene rings is 1. The van der Waals surface area contributed by atoms with Crippen molar-refractivity contribution in [1.29, 1.82) is 0 Å². The highest BCUT2D eigenvalue weighted by Gasteiger charge is 2.33. The predicted octanol–water partition coefficient (Wildman–Crippen LogP) is 1.27. The van der Waals surface area contributed by atoms with Crippen LogP contribution in [0.3, 0.4) is 0 Å². The summed E-state index contributed by atoms with van der Waals surface area (Å²) >= 11 is 0. The molecule has 1 heterocycles. The van der Waals surface area contributed by atoms with Gasteiger partial charge in [0.15, 0.2) is 0 Å². The lowest BCUT2D eigenvalue weighted by atomic mass is 9.86. The van der Waals surface area contributed by atoms with Crippen molar-refractivity contribution in [2.24, 2.45) is 0 Å². The van der Waals surface area contributed by atoms with Gasteiger partial charge in [-0.15, -0.1) is 0 Å². The molecule has 94 valence electrons. The van der Waals surface area contributed by atoms with Gasteiger partial charge in [0.25, 0.3) is 0 Å². The summed E-state index contributed by atoms with van der Waals surface area (Å²) in [5.41, 5.74) is -0.0106. The lowest BCUT2D eigenvalue weighted by Gasteiger charge is -2.34. The summed E-state index contributed by atoms with van der Waals surface area (Å²) in [6.07, 6.45) is 1.72. The molecule has 1 unspecified atom stereocenters. The molecule has 2 N–H and O–H groups in total. The van der Waals surface area contributed by atoms with Crippen molar-refractivity contribution in [2.45, 2.75) is 18.4 Å². The molecular weight excluding hydrogens is 218 g/mol. The molecule has 1 aromatic carbocycles. The number of aliphatic hydroxyl groups is 1. The maximum absolute atomic E-state index is 10.6. The van der Waals surface area contributed by atoms with Crippen molar-refractivity contribution in [2.75, 3.05) is 27.3 Å². The van der Waals surface area contributed by atoms with Crippen LogP contribution < -0.4 is 14.8 Å². The summed E-state index contributed by atoms with van der Waals surface area (Å²) in [7, 11) is 3.23. The van der Waals surface area contributed by atoms with Crippen LogP contribution in [0.2, 0.25) is 0 Å². The van der Waals surface area contributed by atoms with Gasteiger partial charge >= 0.3 is 0 Å². The van der Waals surface area contributed by atoms with E-state index in [-0.39, 0.29) is 0 Å². The van der Waals surface area contributed by atoms with E-state index >= 15 is 0 Å². The molecule has 1 aromatic rings. The van der Waals surface area contributed by atoms with E-state index in [1.165, 1.54) is 0 Å². The first-order valence-electron chi connectivity index (χ1n) is 5.85. The average molecular weight is 237 g/mol. The zero-order valence-electron chi connectivity index (χ0n) is 10.3. The summed E-state index contributed by atoms with van der Waals surface area (Å²) in [5, 5.41) is 13.9. The summed E-state index contributed by atoms with van der Waals surface area (Å²) in [4.78, 5) is 0. The molecule has 1 atom stereocenters. The second kappa shape index (κ2) is 4.94. The van der Waals surface area contributed by atoms with E-state index in [0.29, 0.717) is 12.3 Å². The van der Waals surface area contributed by atoms with Gasteiger partial charge in [-0.1, -0.05) is 0 Å². The Morgan fingerprint density at radius 2 is 2.12 bits per heavy atom. The third-order valence-electron chi connectivity index (χ3n) is 3.27. The Morgan fingerprint density at radius 3 is 2.71 bits per heavy atom. The Morgan fingerprint density at radius 1 is 1.29 bits per heavy atom. The van der Waals surface area contributed by atoms with Crippen LogP contribution in [-0.2, 0) is 5.60 Å². The van der Waals surface area contributed by atoms with E-state index in [9.17, 15) is 5.11 Å². The number of rotatable bonds is 3. The Balaban J connectivity index is 2.36. The maximum atomic E-state index is 10.6. The van der Waals surface area contributed by atoms with Gasteiger partial charge in [0, 0.05) is 18.2 Å². The quantitative estimate of drug-likeness (QED) is 0.831. The molecule has 0 aliphatic carbocycles. The Bertz CT molecular complexity index is 386. The normalized spacial score (nSPS) is 24.4. The van der Waals surface area contributed by atoms with Crippen LogP contribution in [0.15, 0.2) is 18.2 Å². The van der Waals surface area contributed by atoms with Gasteiger partial charge in [0.2, 0.25) is 0 Å². The fraction of sp³-hybridized carbons (Fsp3) is 0.538. The Kier molecular flexibility index (Phi) is 3.54. The van der Waals surface area contributed by atoms with E-state index in [2.05, 4.69) is 5.32 Å². The van der Waals surface area contributed by atoms with Crippen molar-refractivity contribution in [3.05, 3.63) is 23.8 Å². The standard InChI is InChI=1S/C13H19NO3/c1-16-10-4-5-11(12(8-10)17-2)13(15)6-3-7-14-9-13/h4-5,8,14-15H,3,6-7,9H2,1-2H3. The summed E-state index contributed by atoms with van der Waals surface area (Å²) in [6.45, 7) is 1.52. The number of hydrogen-bond acceptors (Lipinski definition) is 4. The fourth-order valence-corrected chi connectivity index (χ4v) is 2.30. The van der Waals surface area contributed by atoms with Gasteiger partial charge < -0.3 is 19.9 Å². The number of ether oxygens (including phenoxy) is 2. The topological polar surface area (TPSA) is 50.7 Å². The van der Waals surface area contributed by atoms with Gasteiger partial charge in [0.05, 0.1) is 14.2 Å². The van der Waals surface area contributed by atoms with E-state index in [0.717, 1.165) is 30.7 Å². The smallest absolute Gasteiger partial charge is 0.128 e. The summed E-state index contributed by atoms with van der Waals surface area (Å²) in [5.74, 6) is 1.41. The van der Waals surface area contributed by atoms with Gasteiger partial charge in [-0.3, -0.25) is 0 Å². The second-order valence-electron chi connectivity index (χ2n) is 4.38. The molecular formula is C13H19NO3. The maximum Gasteiger partial charge on any atom is 0.128 e. The number of piperidine rings is 1. The molecule has 1 saturated heterocycles. The molecule has 0 radical (unpaired) electrons. The highest BCUT2D eigenvalue weighted by atomic mass is 16.5. The fourth-order valence-electron chi connectivity index (χ4n) is 2.30.